The zero-order valence-electron chi connectivity index (χ0n) is 8.76. The number of hydrogen-bond donors (Lipinski definition) is 0. The first kappa shape index (κ1) is 12.8. The number of carbonyl (C=O) groups excluding carboxylic acids is 1. The van der Waals surface area contributed by atoms with Gasteiger partial charge in [-0.3, -0.25) is 9.78 Å². The molecule has 0 amide bonds. The van der Waals surface area contributed by atoms with Crippen molar-refractivity contribution in [2.75, 3.05) is 7.11 Å². The summed E-state index contributed by atoms with van der Waals surface area (Å²) in [6, 6.07) is 1.12. The summed E-state index contributed by atoms with van der Waals surface area (Å²) in [6.07, 6.45) is -2.83. The van der Waals surface area contributed by atoms with Gasteiger partial charge in [0.15, 0.2) is 0 Å². The molecule has 0 aromatic carbocycles. The first-order valence-corrected chi connectivity index (χ1v) is 4.84. The Bertz CT molecular complexity index is 410. The second-order valence-corrected chi connectivity index (χ2v) is 3.53. The van der Waals surface area contributed by atoms with Crippen molar-refractivity contribution in [2.24, 2.45) is 0 Å². The monoisotopic (exact) mass is 249 g/mol. The number of carbonyl (C=O) groups is 1. The van der Waals surface area contributed by atoms with Gasteiger partial charge in [-0.1, -0.05) is 11.6 Å². The van der Waals surface area contributed by atoms with Gasteiger partial charge in [0.25, 0.3) is 6.43 Å². The van der Waals surface area contributed by atoms with Gasteiger partial charge < -0.3 is 4.74 Å². The van der Waals surface area contributed by atoms with Gasteiger partial charge in [0, 0.05) is 5.56 Å². The Balaban J connectivity index is 3.09. The van der Waals surface area contributed by atoms with Crippen LogP contribution in [0.3, 0.4) is 0 Å². The molecule has 0 radical (unpaired) electrons. The van der Waals surface area contributed by atoms with Crippen LogP contribution in [0.5, 0.6) is 0 Å². The van der Waals surface area contributed by atoms with E-state index in [1.165, 1.54) is 14.0 Å². The lowest BCUT2D eigenvalue weighted by molar-refractivity contribution is -0.139. The van der Waals surface area contributed by atoms with Crippen LogP contribution < -0.4 is 0 Å². The predicted octanol–water partition coefficient (Wildman–Crippen LogP) is 2.70. The van der Waals surface area contributed by atoms with E-state index in [0.29, 0.717) is 0 Å². The highest BCUT2D eigenvalue weighted by atomic mass is 35.5. The van der Waals surface area contributed by atoms with Gasteiger partial charge in [-0.2, -0.15) is 0 Å². The summed E-state index contributed by atoms with van der Waals surface area (Å²) in [4.78, 5) is 14.9. The molecule has 16 heavy (non-hydrogen) atoms. The SMILES string of the molecule is COC(=O)Cc1cc(C(F)F)c(Cl)c(C)n1. The number of aryl methyl sites for hydroxylation is 1. The van der Waals surface area contributed by atoms with Crippen LogP contribution in [0.2, 0.25) is 5.02 Å². The molecule has 0 aliphatic heterocycles. The summed E-state index contributed by atoms with van der Waals surface area (Å²) >= 11 is 5.67. The number of hydrogen-bond acceptors (Lipinski definition) is 3. The van der Waals surface area contributed by atoms with Crippen LogP contribution in [-0.4, -0.2) is 18.1 Å². The Morgan fingerprint density at radius 2 is 2.25 bits per heavy atom. The molecule has 0 unspecified atom stereocenters. The molecule has 0 aliphatic rings. The Morgan fingerprint density at radius 1 is 1.62 bits per heavy atom. The number of alkyl halides is 2. The molecule has 1 aromatic rings. The molecule has 88 valence electrons. The van der Waals surface area contributed by atoms with Crippen LogP contribution in [0, 0.1) is 6.92 Å². The minimum absolute atomic E-state index is 0.0661. The fourth-order valence-electron chi connectivity index (χ4n) is 1.22. The van der Waals surface area contributed by atoms with E-state index in [1.54, 1.807) is 0 Å². The highest BCUT2D eigenvalue weighted by Gasteiger charge is 2.17. The topological polar surface area (TPSA) is 39.2 Å². The minimum Gasteiger partial charge on any atom is -0.469 e. The summed E-state index contributed by atoms with van der Waals surface area (Å²) in [5.41, 5.74) is 0.190. The van der Waals surface area contributed by atoms with E-state index in [1.807, 2.05) is 0 Å². The summed E-state index contributed by atoms with van der Waals surface area (Å²) in [5.74, 6) is -0.533. The van der Waals surface area contributed by atoms with E-state index < -0.39 is 12.4 Å². The maximum absolute atomic E-state index is 12.6. The quantitative estimate of drug-likeness (QED) is 0.773. The average molecular weight is 250 g/mol. The largest absolute Gasteiger partial charge is 0.469 e. The van der Waals surface area contributed by atoms with Crippen LogP contribution in [0.15, 0.2) is 6.07 Å². The Kier molecular flexibility index (Phi) is 4.18. The lowest BCUT2D eigenvalue weighted by Gasteiger charge is -2.08. The van der Waals surface area contributed by atoms with Crippen LogP contribution in [0.4, 0.5) is 8.78 Å². The summed E-state index contributed by atoms with van der Waals surface area (Å²) in [7, 11) is 1.22. The van der Waals surface area contributed by atoms with E-state index in [9.17, 15) is 13.6 Å². The van der Waals surface area contributed by atoms with E-state index in [2.05, 4.69) is 9.72 Å². The van der Waals surface area contributed by atoms with Crippen molar-refractivity contribution in [1.29, 1.82) is 0 Å². The van der Waals surface area contributed by atoms with Gasteiger partial charge in [0.1, 0.15) is 0 Å². The molecular formula is C10H10ClF2NO2. The third-order valence-corrected chi connectivity index (χ3v) is 2.48. The second kappa shape index (κ2) is 5.21. The predicted molar refractivity (Wildman–Crippen MR) is 54.7 cm³/mol. The second-order valence-electron chi connectivity index (χ2n) is 3.16. The van der Waals surface area contributed by atoms with Gasteiger partial charge in [-0.15, -0.1) is 0 Å². The van der Waals surface area contributed by atoms with Crippen molar-refractivity contribution in [3.8, 4) is 0 Å². The lowest BCUT2D eigenvalue weighted by atomic mass is 10.1. The van der Waals surface area contributed by atoms with E-state index >= 15 is 0 Å². The van der Waals surface area contributed by atoms with Crippen molar-refractivity contribution < 1.29 is 18.3 Å². The van der Waals surface area contributed by atoms with Crippen molar-refractivity contribution >= 4 is 17.6 Å². The molecule has 0 saturated heterocycles. The molecule has 0 spiro atoms. The lowest BCUT2D eigenvalue weighted by Crippen LogP contribution is -2.08. The Labute approximate surface area is 96.4 Å². The molecule has 0 aliphatic carbocycles. The van der Waals surface area contributed by atoms with Crippen LogP contribution in [0.25, 0.3) is 0 Å². The van der Waals surface area contributed by atoms with Crippen molar-refractivity contribution in [2.45, 2.75) is 19.8 Å². The van der Waals surface area contributed by atoms with E-state index in [-0.39, 0.29) is 28.4 Å². The number of esters is 1. The molecule has 1 heterocycles. The van der Waals surface area contributed by atoms with Gasteiger partial charge in [-0.05, 0) is 13.0 Å². The molecule has 0 fully saturated rings. The molecule has 0 saturated carbocycles. The number of pyridine rings is 1. The smallest absolute Gasteiger partial charge is 0.311 e. The molecule has 3 nitrogen and oxygen atoms in total. The molecule has 0 N–H and O–H groups in total. The average Bonchev–Trinajstić information content (AvgIpc) is 2.22. The highest BCUT2D eigenvalue weighted by Crippen LogP contribution is 2.29. The van der Waals surface area contributed by atoms with Crippen LogP contribution >= 0.6 is 11.6 Å². The van der Waals surface area contributed by atoms with Gasteiger partial charge in [0.2, 0.25) is 0 Å². The number of methoxy groups -OCH3 is 1. The summed E-state index contributed by atoms with van der Waals surface area (Å²) in [5, 5.41) is -0.0661. The summed E-state index contributed by atoms with van der Waals surface area (Å²) in [6.45, 7) is 1.51. The molecule has 6 heteroatoms. The third-order valence-electron chi connectivity index (χ3n) is 1.99. The summed E-state index contributed by atoms with van der Waals surface area (Å²) < 4.78 is 29.6. The normalized spacial score (nSPS) is 10.6. The molecule has 0 atom stereocenters. The number of rotatable bonds is 3. The number of halogens is 3. The van der Waals surface area contributed by atoms with Crippen molar-refractivity contribution in [3.05, 3.63) is 28.0 Å². The zero-order valence-corrected chi connectivity index (χ0v) is 9.52. The standard InChI is InChI=1S/C10H10ClF2NO2/c1-5-9(11)7(10(12)13)3-6(14-5)4-8(15)16-2/h3,10H,4H2,1-2H3. The molecule has 0 bridgehead atoms. The van der Waals surface area contributed by atoms with Gasteiger partial charge >= 0.3 is 5.97 Å². The first-order chi connectivity index (χ1) is 7.45. The molecule has 1 aromatic heterocycles. The number of nitrogens with zero attached hydrogens (tertiary/aromatic N) is 1. The maximum atomic E-state index is 12.6. The third kappa shape index (κ3) is 2.88. The maximum Gasteiger partial charge on any atom is 0.311 e. The first-order valence-electron chi connectivity index (χ1n) is 4.46. The number of aromatic nitrogens is 1. The van der Waals surface area contributed by atoms with Crippen molar-refractivity contribution in [3.63, 3.8) is 0 Å². The zero-order chi connectivity index (χ0) is 12.3. The van der Waals surface area contributed by atoms with E-state index in [0.717, 1.165) is 6.07 Å². The molecular weight excluding hydrogens is 240 g/mol. The fraction of sp³-hybridized carbons (Fsp3) is 0.400. The minimum atomic E-state index is -2.69. The number of ether oxygens (including phenoxy) is 1. The van der Waals surface area contributed by atoms with Gasteiger partial charge in [0.05, 0.1) is 29.9 Å². The fourth-order valence-corrected chi connectivity index (χ4v) is 1.40. The molecule has 1 rings (SSSR count). The highest BCUT2D eigenvalue weighted by molar-refractivity contribution is 6.32. The van der Waals surface area contributed by atoms with Crippen LogP contribution in [0.1, 0.15) is 23.4 Å². The van der Waals surface area contributed by atoms with E-state index in [4.69, 9.17) is 11.6 Å². The Morgan fingerprint density at radius 3 is 2.75 bits per heavy atom. The Hall–Kier alpha value is -1.23. The van der Waals surface area contributed by atoms with Crippen molar-refractivity contribution in [1.82, 2.24) is 4.98 Å². The van der Waals surface area contributed by atoms with Crippen LogP contribution in [-0.2, 0) is 16.0 Å². The van der Waals surface area contributed by atoms with Gasteiger partial charge in [-0.25, -0.2) is 8.78 Å².